The average molecular weight is 439 g/mol. The van der Waals surface area contributed by atoms with E-state index in [4.69, 9.17) is 27.9 Å². The first kappa shape index (κ1) is 22.5. The normalized spacial score (nSPS) is 11.3. The van der Waals surface area contributed by atoms with Crippen LogP contribution >= 0.6 is 23.2 Å². The molecule has 9 heteroatoms. The molecule has 2 amide bonds. The van der Waals surface area contributed by atoms with Crippen molar-refractivity contribution in [3.05, 3.63) is 57.6 Å². The van der Waals surface area contributed by atoms with Crippen molar-refractivity contribution in [1.82, 2.24) is 5.32 Å². The van der Waals surface area contributed by atoms with Gasteiger partial charge in [-0.1, -0.05) is 29.3 Å². The Balaban J connectivity index is 1.99. The molecule has 0 aliphatic rings. The summed E-state index contributed by atoms with van der Waals surface area (Å²) >= 11 is 12.0. The number of amides is 2. The summed E-state index contributed by atoms with van der Waals surface area (Å²) in [5, 5.41) is 5.69. The maximum Gasteiger partial charge on any atom is 0.343 e. The van der Waals surface area contributed by atoms with Gasteiger partial charge < -0.3 is 20.1 Å². The Morgan fingerprint density at radius 3 is 2.52 bits per heavy atom. The van der Waals surface area contributed by atoms with E-state index in [1.807, 2.05) is 0 Å². The summed E-state index contributed by atoms with van der Waals surface area (Å²) in [6.45, 7) is 3.11. The van der Waals surface area contributed by atoms with Gasteiger partial charge in [0.1, 0.15) is 11.8 Å². The molecule has 2 rings (SSSR count). The van der Waals surface area contributed by atoms with E-state index in [2.05, 4.69) is 15.4 Å². The van der Waals surface area contributed by atoms with Crippen molar-refractivity contribution in [1.29, 1.82) is 0 Å². The smallest absolute Gasteiger partial charge is 0.343 e. The zero-order valence-corrected chi connectivity index (χ0v) is 17.6. The molecule has 0 spiro atoms. The van der Waals surface area contributed by atoms with Crippen LogP contribution in [0.2, 0.25) is 10.0 Å². The monoisotopic (exact) mass is 438 g/mol. The number of carbonyl (C=O) groups is 3. The Morgan fingerprint density at radius 1 is 1.14 bits per heavy atom. The van der Waals surface area contributed by atoms with Crippen LogP contribution in [0, 0.1) is 6.92 Å². The molecule has 154 valence electrons. The predicted octanol–water partition coefficient (Wildman–Crippen LogP) is 3.61. The summed E-state index contributed by atoms with van der Waals surface area (Å²) in [6.07, 6.45) is 0. The van der Waals surface area contributed by atoms with Crippen molar-refractivity contribution >= 4 is 46.7 Å². The van der Waals surface area contributed by atoms with E-state index in [0.29, 0.717) is 11.4 Å². The zero-order chi connectivity index (χ0) is 21.6. The maximum atomic E-state index is 12.4. The van der Waals surface area contributed by atoms with Crippen molar-refractivity contribution in [3.8, 4) is 5.75 Å². The second-order valence-electron chi connectivity index (χ2n) is 6.13. The molecule has 2 aromatic rings. The maximum absolute atomic E-state index is 12.4. The standard InChI is InChI=1S/C20H20Cl2N2O5/c1-11-9-13(29-10-17(25)28-3)7-8-16(11)24-19(26)12(2)23-20(27)14-5-4-6-15(21)18(14)22/h4-9,12H,10H2,1-3H3,(H,23,27)(H,24,26). The molecule has 0 radical (unpaired) electrons. The van der Waals surface area contributed by atoms with Gasteiger partial charge in [-0.05, 0) is 49.7 Å². The second kappa shape index (κ2) is 10.1. The molecule has 1 unspecified atom stereocenters. The van der Waals surface area contributed by atoms with Crippen LogP contribution < -0.4 is 15.4 Å². The van der Waals surface area contributed by atoms with E-state index >= 15 is 0 Å². The number of ether oxygens (including phenoxy) is 2. The van der Waals surface area contributed by atoms with Crippen molar-refractivity contribution in [2.75, 3.05) is 19.0 Å². The Morgan fingerprint density at radius 2 is 1.86 bits per heavy atom. The minimum Gasteiger partial charge on any atom is -0.482 e. The van der Waals surface area contributed by atoms with E-state index in [9.17, 15) is 14.4 Å². The summed E-state index contributed by atoms with van der Waals surface area (Å²) in [7, 11) is 1.27. The molecule has 2 N–H and O–H groups in total. The first-order valence-corrected chi connectivity index (χ1v) is 9.34. The van der Waals surface area contributed by atoms with Gasteiger partial charge in [0.05, 0.1) is 22.7 Å². The molecule has 7 nitrogen and oxygen atoms in total. The molecule has 0 saturated heterocycles. The summed E-state index contributed by atoms with van der Waals surface area (Å²) in [5.74, 6) is -0.960. The quantitative estimate of drug-likeness (QED) is 0.643. The molecule has 0 aromatic heterocycles. The summed E-state index contributed by atoms with van der Waals surface area (Å²) in [6, 6.07) is 8.79. The van der Waals surface area contributed by atoms with Crippen molar-refractivity contribution in [3.63, 3.8) is 0 Å². The number of benzene rings is 2. The number of aryl methyl sites for hydroxylation is 1. The predicted molar refractivity (Wildman–Crippen MR) is 111 cm³/mol. The molecular weight excluding hydrogens is 419 g/mol. The summed E-state index contributed by atoms with van der Waals surface area (Å²) in [4.78, 5) is 35.9. The number of esters is 1. The second-order valence-corrected chi connectivity index (χ2v) is 6.91. The van der Waals surface area contributed by atoms with Crippen molar-refractivity contribution in [2.45, 2.75) is 19.9 Å². The first-order chi connectivity index (χ1) is 13.7. The van der Waals surface area contributed by atoms with Crippen molar-refractivity contribution < 1.29 is 23.9 Å². The van der Waals surface area contributed by atoms with Crippen LogP contribution in [-0.4, -0.2) is 37.5 Å². The lowest BCUT2D eigenvalue weighted by atomic mass is 10.1. The van der Waals surface area contributed by atoms with Gasteiger partial charge in [-0.25, -0.2) is 4.79 Å². The van der Waals surface area contributed by atoms with Gasteiger partial charge >= 0.3 is 5.97 Å². The Bertz CT molecular complexity index is 933. The van der Waals surface area contributed by atoms with E-state index < -0.39 is 23.8 Å². The molecule has 2 aromatic carbocycles. The van der Waals surface area contributed by atoms with Crippen LogP contribution in [0.3, 0.4) is 0 Å². The highest BCUT2D eigenvalue weighted by Gasteiger charge is 2.20. The van der Waals surface area contributed by atoms with Gasteiger partial charge in [-0.15, -0.1) is 0 Å². The van der Waals surface area contributed by atoms with Crippen LogP contribution in [0.15, 0.2) is 36.4 Å². The van der Waals surface area contributed by atoms with Crippen LogP contribution in [0.4, 0.5) is 5.69 Å². The lowest BCUT2D eigenvalue weighted by Crippen LogP contribution is -2.41. The van der Waals surface area contributed by atoms with Gasteiger partial charge in [-0.2, -0.15) is 0 Å². The van der Waals surface area contributed by atoms with E-state index in [-0.39, 0.29) is 22.2 Å². The lowest BCUT2D eigenvalue weighted by molar-refractivity contribution is -0.142. The molecule has 0 fully saturated rings. The molecule has 0 bridgehead atoms. The number of halogens is 2. The molecule has 29 heavy (non-hydrogen) atoms. The first-order valence-electron chi connectivity index (χ1n) is 8.59. The van der Waals surface area contributed by atoms with Gasteiger partial charge in [0, 0.05) is 5.69 Å². The number of methoxy groups -OCH3 is 1. The van der Waals surface area contributed by atoms with Crippen molar-refractivity contribution in [2.24, 2.45) is 0 Å². The lowest BCUT2D eigenvalue weighted by Gasteiger charge is -2.16. The van der Waals surface area contributed by atoms with Gasteiger partial charge in [0.2, 0.25) is 5.91 Å². The Labute approximate surface area is 178 Å². The minimum atomic E-state index is -0.827. The van der Waals surface area contributed by atoms with Crippen LogP contribution in [0.25, 0.3) is 0 Å². The highest BCUT2D eigenvalue weighted by Crippen LogP contribution is 2.25. The largest absolute Gasteiger partial charge is 0.482 e. The van der Waals surface area contributed by atoms with Crippen LogP contribution in [0.1, 0.15) is 22.8 Å². The third kappa shape index (κ3) is 6.10. The molecule has 0 aliphatic carbocycles. The van der Waals surface area contributed by atoms with E-state index in [1.165, 1.54) is 13.2 Å². The van der Waals surface area contributed by atoms with E-state index in [0.717, 1.165) is 5.56 Å². The third-order valence-electron chi connectivity index (χ3n) is 3.98. The molecule has 0 heterocycles. The zero-order valence-electron chi connectivity index (χ0n) is 16.0. The fraction of sp³-hybridized carbons (Fsp3) is 0.250. The third-order valence-corrected chi connectivity index (χ3v) is 4.80. The summed E-state index contributed by atoms with van der Waals surface area (Å²) in [5.41, 5.74) is 1.45. The summed E-state index contributed by atoms with van der Waals surface area (Å²) < 4.78 is 9.81. The van der Waals surface area contributed by atoms with Crippen LogP contribution in [0.5, 0.6) is 5.75 Å². The topological polar surface area (TPSA) is 93.7 Å². The average Bonchev–Trinajstić information content (AvgIpc) is 2.69. The Kier molecular flexibility index (Phi) is 7.87. The molecule has 0 saturated carbocycles. The number of hydrogen-bond acceptors (Lipinski definition) is 5. The van der Waals surface area contributed by atoms with Gasteiger partial charge in [0.25, 0.3) is 5.91 Å². The number of nitrogens with one attached hydrogen (secondary N) is 2. The molecule has 1 atom stereocenters. The van der Waals surface area contributed by atoms with Gasteiger partial charge in [0.15, 0.2) is 6.61 Å². The minimum absolute atomic E-state index is 0.123. The SMILES string of the molecule is COC(=O)COc1ccc(NC(=O)C(C)NC(=O)c2cccc(Cl)c2Cl)c(C)c1. The number of hydrogen-bond donors (Lipinski definition) is 2. The highest BCUT2D eigenvalue weighted by molar-refractivity contribution is 6.43. The highest BCUT2D eigenvalue weighted by atomic mass is 35.5. The van der Waals surface area contributed by atoms with Crippen LogP contribution in [-0.2, 0) is 14.3 Å². The molecular formula is C20H20Cl2N2O5. The van der Waals surface area contributed by atoms with E-state index in [1.54, 1.807) is 44.2 Å². The van der Waals surface area contributed by atoms with Gasteiger partial charge in [-0.3, -0.25) is 9.59 Å². The number of carbonyl (C=O) groups excluding carboxylic acids is 3. The number of rotatable bonds is 7. The fourth-order valence-corrected chi connectivity index (χ4v) is 2.71. The Hall–Kier alpha value is -2.77. The fourth-order valence-electron chi connectivity index (χ4n) is 2.33. The number of anilines is 1. The molecule has 0 aliphatic heterocycles.